The van der Waals surface area contributed by atoms with E-state index in [1.165, 1.54) is 22.7 Å². The van der Waals surface area contributed by atoms with Crippen LogP contribution in [-0.4, -0.2) is 35.9 Å². The lowest BCUT2D eigenvalue weighted by molar-refractivity contribution is -0.117. The van der Waals surface area contributed by atoms with Gasteiger partial charge in [0.15, 0.2) is 0 Å². The molecule has 0 aliphatic rings. The van der Waals surface area contributed by atoms with Gasteiger partial charge in [-0.3, -0.25) is 10.1 Å². The summed E-state index contributed by atoms with van der Waals surface area (Å²) in [5.41, 5.74) is -0.468. The zero-order valence-corrected chi connectivity index (χ0v) is 13.1. The highest BCUT2D eigenvalue weighted by molar-refractivity contribution is 7.15. The molecule has 0 atom stereocenters. The van der Waals surface area contributed by atoms with Gasteiger partial charge in [-0.25, -0.2) is 4.79 Å². The van der Waals surface area contributed by atoms with Crippen LogP contribution in [0.25, 0.3) is 5.00 Å². The van der Waals surface area contributed by atoms with Crippen molar-refractivity contribution in [1.29, 1.82) is 0 Å². The Morgan fingerprint density at radius 3 is 2.91 bits per heavy atom. The minimum Gasteiger partial charge on any atom is -0.299 e. The van der Waals surface area contributed by atoms with Crippen LogP contribution in [-0.2, 0) is 17.8 Å². The molecule has 0 unspecified atom stereocenters. The number of hydrogen-bond acceptors (Lipinski definition) is 8. The van der Waals surface area contributed by atoms with Gasteiger partial charge in [0.1, 0.15) is 16.6 Å². The smallest absolute Gasteiger partial charge is 0.299 e. The van der Waals surface area contributed by atoms with E-state index in [1.807, 2.05) is 12.3 Å². The second-order valence-electron chi connectivity index (χ2n) is 4.18. The summed E-state index contributed by atoms with van der Waals surface area (Å²) in [6, 6.07) is 3.55. The fourth-order valence-electron chi connectivity index (χ4n) is 1.64. The molecule has 0 aliphatic carbocycles. The summed E-state index contributed by atoms with van der Waals surface area (Å²) < 4.78 is 2.15. The molecule has 0 bridgehead atoms. The molecule has 3 rings (SSSR count). The molecule has 0 fully saturated rings. The van der Waals surface area contributed by atoms with Crippen LogP contribution in [0.4, 0.5) is 5.13 Å². The Labute approximate surface area is 132 Å². The predicted molar refractivity (Wildman–Crippen MR) is 81.4 cm³/mol. The minimum atomic E-state index is -0.468. The molecule has 0 saturated carbocycles. The average Bonchev–Trinajstić information content (AvgIpc) is 3.21. The molecule has 0 spiro atoms. The molecule has 22 heavy (non-hydrogen) atoms. The molecule has 0 saturated heterocycles. The van der Waals surface area contributed by atoms with Gasteiger partial charge in [-0.15, -0.1) is 21.5 Å². The van der Waals surface area contributed by atoms with Crippen LogP contribution in [0.2, 0.25) is 0 Å². The van der Waals surface area contributed by atoms with E-state index >= 15 is 0 Å². The van der Waals surface area contributed by atoms with E-state index in [0.717, 1.165) is 20.8 Å². The summed E-state index contributed by atoms with van der Waals surface area (Å²) in [5.74, 6) is -0.404. The number of tetrazole rings is 1. The Hall–Kier alpha value is -2.40. The first-order valence-electron chi connectivity index (χ1n) is 6.36. The maximum Gasteiger partial charge on any atom is 0.369 e. The van der Waals surface area contributed by atoms with Crippen LogP contribution in [0.3, 0.4) is 0 Å². The number of hydrogen-bond donors (Lipinski definition) is 1. The van der Waals surface area contributed by atoms with Crippen molar-refractivity contribution < 1.29 is 4.79 Å². The SMILES string of the molecule is CCc1nnc(NC(=O)Cn2nnn(-c3cccs3)c2=O)s1. The topological polar surface area (TPSA) is 108 Å². The maximum atomic E-state index is 12.1. The van der Waals surface area contributed by atoms with Crippen molar-refractivity contribution in [1.82, 2.24) is 30.0 Å². The van der Waals surface area contributed by atoms with Gasteiger partial charge in [0.05, 0.1) is 0 Å². The van der Waals surface area contributed by atoms with Crippen LogP contribution < -0.4 is 11.0 Å². The Balaban J connectivity index is 1.71. The van der Waals surface area contributed by atoms with E-state index in [-0.39, 0.29) is 6.54 Å². The number of aromatic nitrogens is 6. The second kappa shape index (κ2) is 6.15. The van der Waals surface area contributed by atoms with Crippen molar-refractivity contribution in [2.45, 2.75) is 19.9 Å². The fraction of sp³-hybridized carbons (Fsp3) is 0.273. The van der Waals surface area contributed by atoms with E-state index in [1.54, 1.807) is 12.1 Å². The summed E-state index contributed by atoms with van der Waals surface area (Å²) in [6.45, 7) is 1.72. The van der Waals surface area contributed by atoms with Gasteiger partial charge >= 0.3 is 5.69 Å². The maximum absolute atomic E-state index is 12.1. The molecular formula is C11H11N7O2S2. The molecule has 0 radical (unpaired) electrons. The average molecular weight is 337 g/mol. The summed E-state index contributed by atoms with van der Waals surface area (Å²) in [5, 5.41) is 21.5. The highest BCUT2D eigenvalue weighted by Crippen LogP contribution is 2.15. The van der Waals surface area contributed by atoms with Crippen molar-refractivity contribution in [3.8, 4) is 5.00 Å². The van der Waals surface area contributed by atoms with Gasteiger partial charge in [-0.05, 0) is 34.4 Å². The van der Waals surface area contributed by atoms with Crippen LogP contribution in [0.15, 0.2) is 22.3 Å². The summed E-state index contributed by atoms with van der Waals surface area (Å²) in [6.07, 6.45) is 0.752. The van der Waals surface area contributed by atoms with Crippen LogP contribution in [0.5, 0.6) is 0 Å². The number of anilines is 1. The third-order valence-corrected chi connectivity index (χ3v) is 4.49. The highest BCUT2D eigenvalue weighted by atomic mass is 32.1. The first-order valence-corrected chi connectivity index (χ1v) is 8.06. The van der Waals surface area contributed by atoms with Crippen molar-refractivity contribution in [2.75, 3.05) is 5.32 Å². The number of carbonyl (C=O) groups excluding carboxylic acids is 1. The fourth-order valence-corrected chi connectivity index (χ4v) is 3.01. The number of rotatable bonds is 5. The zero-order chi connectivity index (χ0) is 15.5. The monoisotopic (exact) mass is 337 g/mol. The standard InChI is InChI=1S/C11H11N7O2S2/c1-2-8-13-14-10(22-8)12-7(19)6-17-11(20)18(16-15-17)9-4-3-5-21-9/h3-5H,2,6H2,1H3,(H,12,14,19). The Morgan fingerprint density at radius 2 is 2.23 bits per heavy atom. The summed E-state index contributed by atoms with van der Waals surface area (Å²) >= 11 is 2.66. The van der Waals surface area contributed by atoms with Crippen molar-refractivity contribution in [3.05, 3.63) is 33.0 Å². The Morgan fingerprint density at radius 1 is 1.36 bits per heavy atom. The Bertz CT molecular complexity index is 833. The van der Waals surface area contributed by atoms with Crippen molar-refractivity contribution in [2.24, 2.45) is 0 Å². The van der Waals surface area contributed by atoms with Gasteiger partial charge in [0.2, 0.25) is 11.0 Å². The minimum absolute atomic E-state index is 0.231. The third-order valence-electron chi connectivity index (χ3n) is 2.66. The lowest BCUT2D eigenvalue weighted by Gasteiger charge is -1.99. The number of carbonyl (C=O) groups is 1. The van der Waals surface area contributed by atoms with E-state index in [9.17, 15) is 9.59 Å². The molecule has 1 N–H and O–H groups in total. The summed E-state index contributed by atoms with van der Waals surface area (Å²) in [7, 11) is 0. The van der Waals surface area contributed by atoms with Crippen molar-refractivity contribution in [3.63, 3.8) is 0 Å². The number of nitrogens with zero attached hydrogens (tertiary/aromatic N) is 6. The second-order valence-corrected chi connectivity index (χ2v) is 6.17. The third kappa shape index (κ3) is 2.94. The van der Waals surface area contributed by atoms with Crippen LogP contribution in [0.1, 0.15) is 11.9 Å². The number of aryl methyl sites for hydroxylation is 1. The van der Waals surface area contributed by atoms with E-state index in [2.05, 4.69) is 25.9 Å². The zero-order valence-electron chi connectivity index (χ0n) is 11.5. The van der Waals surface area contributed by atoms with Gasteiger partial charge in [0, 0.05) is 0 Å². The van der Waals surface area contributed by atoms with E-state index in [4.69, 9.17) is 0 Å². The molecule has 9 nitrogen and oxygen atoms in total. The molecule has 11 heteroatoms. The summed E-state index contributed by atoms with van der Waals surface area (Å²) in [4.78, 5) is 24.0. The van der Waals surface area contributed by atoms with Gasteiger partial charge in [-0.1, -0.05) is 18.3 Å². The molecule has 0 aliphatic heterocycles. The van der Waals surface area contributed by atoms with Crippen LogP contribution in [0, 0.1) is 0 Å². The Kier molecular flexibility index (Phi) is 4.06. The lowest BCUT2D eigenvalue weighted by atomic mass is 10.5. The molecule has 0 aromatic carbocycles. The number of amides is 1. The molecule has 3 heterocycles. The number of nitrogens with one attached hydrogen (secondary N) is 1. The molecule has 1 amide bonds. The predicted octanol–water partition coefficient (Wildman–Crippen LogP) is 0.543. The molecule has 3 aromatic heterocycles. The first-order chi connectivity index (χ1) is 10.7. The quantitative estimate of drug-likeness (QED) is 0.728. The highest BCUT2D eigenvalue weighted by Gasteiger charge is 2.14. The largest absolute Gasteiger partial charge is 0.369 e. The number of thiophene rings is 1. The van der Waals surface area contributed by atoms with Crippen LogP contribution >= 0.6 is 22.7 Å². The molecule has 114 valence electrons. The molecular weight excluding hydrogens is 326 g/mol. The van der Waals surface area contributed by atoms with Gasteiger partial charge < -0.3 is 0 Å². The normalized spacial score (nSPS) is 10.8. The van der Waals surface area contributed by atoms with E-state index < -0.39 is 11.6 Å². The molecule has 3 aromatic rings. The van der Waals surface area contributed by atoms with Crippen molar-refractivity contribution >= 4 is 33.7 Å². The van der Waals surface area contributed by atoms with Gasteiger partial charge in [0.25, 0.3) is 0 Å². The van der Waals surface area contributed by atoms with E-state index in [0.29, 0.717) is 10.1 Å². The lowest BCUT2D eigenvalue weighted by Crippen LogP contribution is -2.29. The van der Waals surface area contributed by atoms with Gasteiger partial charge in [-0.2, -0.15) is 9.36 Å². The first kappa shape index (κ1) is 14.5.